The lowest BCUT2D eigenvalue weighted by atomic mass is 10.1. The van der Waals surface area contributed by atoms with Gasteiger partial charge in [-0.25, -0.2) is 0 Å². The molecule has 1 aliphatic heterocycles. The molecule has 0 spiro atoms. The van der Waals surface area contributed by atoms with Gasteiger partial charge < -0.3 is 9.80 Å². The van der Waals surface area contributed by atoms with E-state index in [2.05, 4.69) is 39.7 Å². The monoisotopic (exact) mass is 290 g/mol. The van der Waals surface area contributed by atoms with E-state index in [0.717, 1.165) is 11.2 Å². The Morgan fingerprint density at radius 3 is 2.50 bits per heavy atom. The van der Waals surface area contributed by atoms with Crippen molar-refractivity contribution in [3.63, 3.8) is 0 Å². The third-order valence-corrected chi connectivity index (χ3v) is 4.06. The highest BCUT2D eigenvalue weighted by atomic mass is 79.9. The zero-order valence-electron chi connectivity index (χ0n) is 10.9. The Labute approximate surface area is 109 Å². The highest BCUT2D eigenvalue weighted by molar-refractivity contribution is 9.09. The lowest BCUT2D eigenvalue weighted by Gasteiger charge is -2.22. The maximum absolute atomic E-state index is 3.51. The van der Waals surface area contributed by atoms with Gasteiger partial charge in [0.05, 0.1) is 0 Å². The van der Waals surface area contributed by atoms with Gasteiger partial charge in [0.25, 0.3) is 0 Å². The van der Waals surface area contributed by atoms with Crippen molar-refractivity contribution in [3.8, 4) is 0 Å². The van der Waals surface area contributed by atoms with Crippen LogP contribution in [0.25, 0.3) is 0 Å². The molecule has 3 heteroatoms. The van der Waals surface area contributed by atoms with Crippen molar-refractivity contribution >= 4 is 15.9 Å². The molecular formula is C13H27BrN2. The Morgan fingerprint density at radius 1 is 1.19 bits per heavy atom. The molecule has 0 aromatic heterocycles. The van der Waals surface area contributed by atoms with Gasteiger partial charge in [-0.1, -0.05) is 22.9 Å². The van der Waals surface area contributed by atoms with Gasteiger partial charge >= 0.3 is 0 Å². The maximum Gasteiger partial charge on any atom is 0.0109 e. The van der Waals surface area contributed by atoms with E-state index in [0.29, 0.717) is 0 Å². The molecule has 0 bridgehead atoms. The number of alkyl halides is 1. The number of halogens is 1. The number of hydrogen-bond donors (Lipinski definition) is 0. The number of nitrogens with zero attached hydrogens (tertiary/aromatic N) is 2. The number of hydrogen-bond acceptors (Lipinski definition) is 2. The minimum absolute atomic E-state index is 0.855. The Hall–Kier alpha value is 0.400. The summed E-state index contributed by atoms with van der Waals surface area (Å²) in [7, 11) is 2.26. The molecule has 0 N–H and O–H groups in total. The van der Waals surface area contributed by atoms with E-state index in [1.807, 2.05) is 0 Å². The van der Waals surface area contributed by atoms with Crippen molar-refractivity contribution in [2.75, 3.05) is 45.1 Å². The summed E-state index contributed by atoms with van der Waals surface area (Å²) >= 11 is 3.51. The van der Waals surface area contributed by atoms with E-state index < -0.39 is 0 Å². The van der Waals surface area contributed by atoms with Crippen LogP contribution in [0.2, 0.25) is 0 Å². The fourth-order valence-corrected chi connectivity index (χ4v) is 2.98. The molecule has 1 aliphatic rings. The molecule has 0 aliphatic carbocycles. The maximum atomic E-state index is 3.51. The highest BCUT2D eigenvalue weighted by Gasteiger charge is 2.11. The fourth-order valence-electron chi connectivity index (χ4n) is 2.20. The van der Waals surface area contributed by atoms with Gasteiger partial charge in [-0.2, -0.15) is 0 Å². The second-order valence-electron chi connectivity index (χ2n) is 5.22. The largest absolute Gasteiger partial charge is 0.305 e. The molecule has 0 aromatic rings. The van der Waals surface area contributed by atoms with Crippen molar-refractivity contribution in [2.45, 2.75) is 32.6 Å². The lowest BCUT2D eigenvalue weighted by Crippen LogP contribution is -2.32. The molecule has 0 amide bonds. The normalized spacial score (nSPS) is 19.5. The van der Waals surface area contributed by atoms with Gasteiger partial charge in [-0.05, 0) is 58.3 Å². The summed E-state index contributed by atoms with van der Waals surface area (Å²) in [5.74, 6) is 0.855. The van der Waals surface area contributed by atoms with Crippen molar-refractivity contribution in [1.82, 2.24) is 9.80 Å². The number of likely N-dealkylation sites (tertiary alicyclic amines) is 1. The number of likely N-dealkylation sites (N-methyl/N-ethyl adjacent to an activating group) is 1. The van der Waals surface area contributed by atoms with Crippen molar-refractivity contribution in [1.29, 1.82) is 0 Å². The first-order valence-corrected chi connectivity index (χ1v) is 7.81. The second kappa shape index (κ2) is 8.48. The molecule has 1 rings (SSSR count). The zero-order valence-corrected chi connectivity index (χ0v) is 12.5. The smallest absolute Gasteiger partial charge is 0.0109 e. The first-order valence-electron chi connectivity index (χ1n) is 6.69. The summed E-state index contributed by atoms with van der Waals surface area (Å²) in [5.41, 5.74) is 0. The molecule has 1 heterocycles. The average molecular weight is 291 g/mol. The highest BCUT2D eigenvalue weighted by Crippen LogP contribution is 2.10. The predicted molar refractivity (Wildman–Crippen MR) is 75.4 cm³/mol. The zero-order chi connectivity index (χ0) is 11.8. The Balaban J connectivity index is 1.99. The third kappa shape index (κ3) is 6.21. The van der Waals surface area contributed by atoms with Crippen molar-refractivity contribution in [2.24, 2.45) is 5.92 Å². The van der Waals surface area contributed by atoms with Crippen LogP contribution in [0.1, 0.15) is 32.6 Å². The van der Waals surface area contributed by atoms with E-state index in [4.69, 9.17) is 0 Å². The molecule has 96 valence electrons. The van der Waals surface area contributed by atoms with Crippen LogP contribution < -0.4 is 0 Å². The molecule has 16 heavy (non-hydrogen) atoms. The third-order valence-electron chi connectivity index (χ3n) is 3.60. The number of rotatable bonds is 8. The molecular weight excluding hydrogens is 264 g/mol. The summed E-state index contributed by atoms with van der Waals surface area (Å²) in [6.45, 7) is 8.77. The van der Waals surface area contributed by atoms with Gasteiger partial charge in [-0.15, -0.1) is 0 Å². The van der Waals surface area contributed by atoms with E-state index >= 15 is 0 Å². The molecule has 0 aromatic carbocycles. The topological polar surface area (TPSA) is 6.48 Å². The van der Waals surface area contributed by atoms with Crippen LogP contribution in [0.4, 0.5) is 0 Å². The van der Waals surface area contributed by atoms with Gasteiger partial charge in [0.1, 0.15) is 0 Å². The van der Waals surface area contributed by atoms with Crippen LogP contribution in [-0.4, -0.2) is 54.9 Å². The summed E-state index contributed by atoms with van der Waals surface area (Å²) < 4.78 is 0. The van der Waals surface area contributed by atoms with E-state index in [1.54, 1.807) is 0 Å². The molecule has 2 nitrogen and oxygen atoms in total. The standard InChI is InChI=1S/C13H27BrN2/c1-13(5-7-14)6-10-15(2)11-12-16-8-3-4-9-16/h13H,3-12H2,1-2H3. The van der Waals surface area contributed by atoms with Gasteiger partial charge in [0.15, 0.2) is 0 Å². The lowest BCUT2D eigenvalue weighted by molar-refractivity contribution is 0.246. The first kappa shape index (κ1) is 14.5. The summed E-state index contributed by atoms with van der Waals surface area (Å²) in [5, 5.41) is 1.14. The molecule has 1 unspecified atom stereocenters. The summed E-state index contributed by atoms with van der Waals surface area (Å²) in [6.07, 6.45) is 5.46. The molecule has 0 radical (unpaired) electrons. The minimum atomic E-state index is 0.855. The van der Waals surface area contributed by atoms with E-state index in [-0.39, 0.29) is 0 Å². The van der Waals surface area contributed by atoms with Crippen LogP contribution in [0.3, 0.4) is 0 Å². The Bertz CT molecular complexity index is 169. The molecule has 1 fully saturated rings. The molecule has 1 saturated heterocycles. The second-order valence-corrected chi connectivity index (χ2v) is 6.02. The van der Waals surface area contributed by atoms with E-state index in [9.17, 15) is 0 Å². The van der Waals surface area contributed by atoms with Crippen LogP contribution in [0.5, 0.6) is 0 Å². The fraction of sp³-hybridized carbons (Fsp3) is 1.00. The van der Waals surface area contributed by atoms with Crippen LogP contribution in [-0.2, 0) is 0 Å². The van der Waals surface area contributed by atoms with Gasteiger partial charge in [-0.3, -0.25) is 0 Å². The average Bonchev–Trinajstić information content (AvgIpc) is 2.77. The van der Waals surface area contributed by atoms with Crippen molar-refractivity contribution in [3.05, 3.63) is 0 Å². The molecule has 1 atom stereocenters. The van der Waals surface area contributed by atoms with E-state index in [1.165, 1.54) is 58.4 Å². The first-order chi connectivity index (χ1) is 7.72. The van der Waals surface area contributed by atoms with Crippen LogP contribution >= 0.6 is 15.9 Å². The van der Waals surface area contributed by atoms with Gasteiger partial charge in [0, 0.05) is 18.4 Å². The molecule has 0 saturated carbocycles. The summed E-state index contributed by atoms with van der Waals surface area (Å²) in [6, 6.07) is 0. The van der Waals surface area contributed by atoms with Crippen LogP contribution in [0.15, 0.2) is 0 Å². The Kier molecular flexibility index (Phi) is 7.67. The Morgan fingerprint density at radius 2 is 1.88 bits per heavy atom. The van der Waals surface area contributed by atoms with Gasteiger partial charge in [0.2, 0.25) is 0 Å². The quantitative estimate of drug-likeness (QED) is 0.635. The SMILES string of the molecule is CC(CCBr)CCN(C)CCN1CCCC1. The van der Waals surface area contributed by atoms with Crippen molar-refractivity contribution < 1.29 is 0 Å². The van der Waals surface area contributed by atoms with Crippen LogP contribution in [0, 0.1) is 5.92 Å². The minimum Gasteiger partial charge on any atom is -0.305 e. The summed E-state index contributed by atoms with van der Waals surface area (Å²) in [4.78, 5) is 5.08. The predicted octanol–water partition coefficient (Wildman–Crippen LogP) is 2.83.